The lowest BCUT2D eigenvalue weighted by atomic mass is 9.75. The first-order valence-electron chi connectivity index (χ1n) is 9.34. The maximum atomic E-state index is 14.8. The highest BCUT2D eigenvalue weighted by molar-refractivity contribution is 5.63. The molecule has 0 aliphatic rings. The predicted molar refractivity (Wildman–Crippen MR) is 111 cm³/mol. The first-order valence-corrected chi connectivity index (χ1v) is 9.34. The summed E-state index contributed by atoms with van der Waals surface area (Å²) in [7, 11) is 1.70. The quantitative estimate of drug-likeness (QED) is 0.303. The fraction of sp³-hybridized carbons (Fsp3) is 0.391. The Bertz CT molecular complexity index is 826. The number of rotatable bonds is 8. The van der Waals surface area contributed by atoms with E-state index in [0.29, 0.717) is 19.2 Å². The van der Waals surface area contributed by atoms with Gasteiger partial charge < -0.3 is 4.90 Å². The van der Waals surface area contributed by atoms with Gasteiger partial charge in [-0.25, -0.2) is 13.2 Å². The molecular formula is C23H27F6N. The summed E-state index contributed by atoms with van der Waals surface area (Å²) in [6.45, 7) is 7.90. The Morgan fingerprint density at radius 1 is 1.13 bits per heavy atom. The first kappa shape index (κ1) is 25.6. The summed E-state index contributed by atoms with van der Waals surface area (Å²) in [6, 6.07) is 4.67. The maximum Gasteiger partial charge on any atom is 0.403 e. The summed E-state index contributed by atoms with van der Waals surface area (Å²) in [4.78, 5) is 1.68. The van der Waals surface area contributed by atoms with Crippen LogP contribution in [0.25, 0.3) is 6.08 Å². The van der Waals surface area contributed by atoms with Crippen LogP contribution in [0.2, 0.25) is 0 Å². The molecule has 1 aromatic carbocycles. The van der Waals surface area contributed by atoms with E-state index in [2.05, 4.69) is 6.58 Å². The molecule has 0 bridgehead atoms. The Hall–Kier alpha value is -2.44. The van der Waals surface area contributed by atoms with E-state index in [0.717, 1.165) is 18.2 Å². The molecule has 30 heavy (non-hydrogen) atoms. The Morgan fingerprint density at radius 3 is 2.20 bits per heavy atom. The Kier molecular flexibility index (Phi) is 8.17. The Balaban J connectivity index is 3.64. The summed E-state index contributed by atoms with van der Waals surface area (Å²) < 4.78 is 84.3. The topological polar surface area (TPSA) is 3.24 Å². The molecule has 0 spiro atoms. The molecule has 0 aliphatic carbocycles. The summed E-state index contributed by atoms with van der Waals surface area (Å²) in [5.41, 5.74) is -3.44. The van der Waals surface area contributed by atoms with Crippen LogP contribution in [0.4, 0.5) is 32.0 Å². The van der Waals surface area contributed by atoms with E-state index in [-0.39, 0.29) is 18.1 Å². The number of anilines is 1. The second-order valence-corrected chi connectivity index (χ2v) is 7.29. The lowest BCUT2D eigenvalue weighted by Gasteiger charge is -2.38. The summed E-state index contributed by atoms with van der Waals surface area (Å²) in [5, 5.41) is 0. The van der Waals surface area contributed by atoms with Gasteiger partial charge in [0, 0.05) is 26.1 Å². The Morgan fingerprint density at radius 2 is 1.73 bits per heavy atom. The van der Waals surface area contributed by atoms with Crippen molar-refractivity contribution >= 4 is 11.8 Å². The second kappa shape index (κ2) is 9.58. The van der Waals surface area contributed by atoms with Crippen molar-refractivity contribution in [3.8, 4) is 0 Å². The molecule has 0 saturated carbocycles. The lowest BCUT2D eigenvalue weighted by Crippen LogP contribution is -2.49. The van der Waals surface area contributed by atoms with Gasteiger partial charge in [-0.3, -0.25) is 0 Å². The van der Waals surface area contributed by atoms with Gasteiger partial charge in [0.15, 0.2) is 11.2 Å². The largest absolute Gasteiger partial charge is 0.403 e. The van der Waals surface area contributed by atoms with Crippen molar-refractivity contribution < 1.29 is 26.3 Å². The molecule has 1 unspecified atom stereocenters. The third-order valence-corrected chi connectivity index (χ3v) is 5.09. The van der Waals surface area contributed by atoms with Gasteiger partial charge in [0.25, 0.3) is 5.92 Å². The van der Waals surface area contributed by atoms with Gasteiger partial charge >= 0.3 is 6.18 Å². The van der Waals surface area contributed by atoms with Crippen LogP contribution in [0, 0.1) is 11.2 Å². The van der Waals surface area contributed by atoms with E-state index in [1.54, 1.807) is 24.1 Å². The number of benzene rings is 1. The molecule has 1 rings (SSSR count). The molecule has 0 radical (unpaired) electrons. The fourth-order valence-electron chi connectivity index (χ4n) is 2.84. The Labute approximate surface area is 174 Å². The van der Waals surface area contributed by atoms with Crippen LogP contribution in [-0.4, -0.2) is 25.7 Å². The van der Waals surface area contributed by atoms with Crippen LogP contribution >= 0.6 is 0 Å². The fourth-order valence-corrected chi connectivity index (χ4v) is 2.84. The SMILES string of the molecule is C=C\C=C/C(=C\C(C)=C\c1cccc(N(C)CC)c1F)C(C)(C(C)(F)F)C(F)(F)F. The average molecular weight is 431 g/mol. The number of halogens is 6. The van der Waals surface area contributed by atoms with E-state index in [9.17, 15) is 26.3 Å². The molecule has 0 amide bonds. The van der Waals surface area contributed by atoms with Gasteiger partial charge in [-0.1, -0.05) is 48.6 Å². The number of allylic oxidation sites excluding steroid dienone is 6. The van der Waals surface area contributed by atoms with Crippen LogP contribution in [-0.2, 0) is 0 Å². The van der Waals surface area contributed by atoms with E-state index in [4.69, 9.17) is 0 Å². The van der Waals surface area contributed by atoms with E-state index < -0.39 is 28.9 Å². The molecule has 0 aliphatic heterocycles. The number of hydrogen-bond acceptors (Lipinski definition) is 1. The number of hydrogen-bond donors (Lipinski definition) is 0. The molecule has 0 aromatic heterocycles. The van der Waals surface area contributed by atoms with Crippen molar-refractivity contribution in [2.45, 2.75) is 39.8 Å². The second-order valence-electron chi connectivity index (χ2n) is 7.29. The molecule has 0 N–H and O–H groups in total. The lowest BCUT2D eigenvalue weighted by molar-refractivity contribution is -0.269. The average Bonchev–Trinajstić information content (AvgIpc) is 2.63. The number of alkyl halides is 5. The van der Waals surface area contributed by atoms with E-state index in [1.165, 1.54) is 25.1 Å². The zero-order valence-corrected chi connectivity index (χ0v) is 17.7. The predicted octanol–water partition coefficient (Wildman–Crippen LogP) is 7.58. The van der Waals surface area contributed by atoms with E-state index >= 15 is 0 Å². The molecule has 1 atom stereocenters. The molecular weight excluding hydrogens is 404 g/mol. The minimum absolute atomic E-state index is 0.144. The van der Waals surface area contributed by atoms with Crippen LogP contribution in [0.5, 0.6) is 0 Å². The first-order chi connectivity index (χ1) is 13.7. The van der Waals surface area contributed by atoms with Crippen LogP contribution in [0.3, 0.4) is 0 Å². The van der Waals surface area contributed by atoms with Gasteiger partial charge in [-0.2, -0.15) is 13.2 Å². The third kappa shape index (κ3) is 5.37. The smallest absolute Gasteiger partial charge is 0.372 e. The van der Waals surface area contributed by atoms with Crippen molar-refractivity contribution in [1.82, 2.24) is 0 Å². The van der Waals surface area contributed by atoms with Gasteiger partial charge in [0.1, 0.15) is 0 Å². The molecule has 0 fully saturated rings. The zero-order chi connectivity index (χ0) is 23.3. The highest BCUT2D eigenvalue weighted by Crippen LogP contribution is 2.54. The maximum absolute atomic E-state index is 14.8. The van der Waals surface area contributed by atoms with Crippen molar-refractivity contribution in [3.05, 3.63) is 71.6 Å². The minimum atomic E-state index is -5.22. The van der Waals surface area contributed by atoms with Gasteiger partial charge in [-0.15, -0.1) is 0 Å². The summed E-state index contributed by atoms with van der Waals surface area (Å²) in [6.07, 6.45) is 0.410. The highest BCUT2D eigenvalue weighted by atomic mass is 19.4. The molecule has 0 saturated heterocycles. The van der Waals surface area contributed by atoms with Crippen molar-refractivity contribution in [2.75, 3.05) is 18.5 Å². The molecule has 0 heterocycles. The van der Waals surface area contributed by atoms with Gasteiger partial charge in [0.05, 0.1) is 5.69 Å². The zero-order valence-electron chi connectivity index (χ0n) is 17.7. The van der Waals surface area contributed by atoms with Crippen LogP contribution in [0.15, 0.2) is 60.2 Å². The third-order valence-electron chi connectivity index (χ3n) is 5.09. The minimum Gasteiger partial charge on any atom is -0.372 e. The van der Waals surface area contributed by atoms with Gasteiger partial charge in [0.2, 0.25) is 0 Å². The molecule has 7 heteroatoms. The summed E-state index contributed by atoms with van der Waals surface area (Å²) >= 11 is 0. The van der Waals surface area contributed by atoms with Crippen molar-refractivity contribution in [2.24, 2.45) is 5.41 Å². The normalized spacial score (nSPS) is 16.0. The van der Waals surface area contributed by atoms with Crippen LogP contribution < -0.4 is 4.90 Å². The number of nitrogens with zero attached hydrogens (tertiary/aromatic N) is 1. The van der Waals surface area contributed by atoms with Crippen molar-refractivity contribution in [1.29, 1.82) is 0 Å². The van der Waals surface area contributed by atoms with Crippen molar-refractivity contribution in [3.63, 3.8) is 0 Å². The van der Waals surface area contributed by atoms with Gasteiger partial charge in [-0.05, 0) is 38.5 Å². The molecule has 166 valence electrons. The summed E-state index contributed by atoms with van der Waals surface area (Å²) in [5.74, 6) is -4.64. The standard InChI is InChI=1S/C23H27F6N/c1-7-9-12-18(21(4,22(5,25)26)23(27,28)29)15-16(3)14-17-11-10-13-19(20(17)24)30(6)8-2/h7,9-15H,1,8H2,2-6H3/b12-9-,16-14+,18-15+. The van der Waals surface area contributed by atoms with Crippen LogP contribution in [0.1, 0.15) is 33.3 Å². The van der Waals surface area contributed by atoms with E-state index in [1.807, 2.05) is 6.92 Å². The molecule has 1 nitrogen and oxygen atoms in total. The monoisotopic (exact) mass is 431 g/mol. The highest BCUT2D eigenvalue weighted by Gasteiger charge is 2.65. The molecule has 1 aromatic rings.